The van der Waals surface area contributed by atoms with Gasteiger partial charge >= 0.3 is 0 Å². The Hall–Kier alpha value is -1.97. The van der Waals surface area contributed by atoms with Crippen molar-refractivity contribution >= 4 is 0 Å². The Kier molecular flexibility index (Phi) is 4.81. The molecule has 0 saturated carbocycles. The smallest absolute Gasteiger partial charge is 0.141 e. The summed E-state index contributed by atoms with van der Waals surface area (Å²) in [7, 11) is 4.51. The van der Waals surface area contributed by atoms with Crippen LogP contribution in [0.15, 0.2) is 72.8 Å². The molecule has 4 rings (SSSR count). The van der Waals surface area contributed by atoms with Gasteiger partial charge in [-0.2, -0.15) is 0 Å². The predicted octanol–water partition coefficient (Wildman–Crippen LogP) is 2.18. The van der Waals surface area contributed by atoms with Crippen LogP contribution in [0.5, 0.6) is 0 Å². The standard InChI is InChI=1S/C22H21FN.BrH/c1-24(2,15-16-11-13-17(23)14-12-16)22-20-9-5-3-7-18(20)19-8-4-6-10-21(19)22;/h3-14,22H,15H2,1-2H3;1H/q+1;/p-1. The number of hydrogen-bond acceptors (Lipinski definition) is 0. The minimum atomic E-state index is -0.180. The van der Waals surface area contributed by atoms with Crippen molar-refractivity contribution in [3.63, 3.8) is 0 Å². The zero-order chi connectivity index (χ0) is 16.7. The molecular weight excluding hydrogens is 377 g/mol. The average molecular weight is 398 g/mol. The van der Waals surface area contributed by atoms with Crippen molar-refractivity contribution in [3.8, 4) is 11.1 Å². The van der Waals surface area contributed by atoms with E-state index in [2.05, 4.69) is 62.6 Å². The quantitative estimate of drug-likeness (QED) is 0.594. The van der Waals surface area contributed by atoms with E-state index in [1.807, 2.05) is 12.1 Å². The van der Waals surface area contributed by atoms with Crippen LogP contribution in [0.2, 0.25) is 0 Å². The first-order valence-corrected chi connectivity index (χ1v) is 8.31. The Balaban J connectivity index is 0.00000182. The maximum Gasteiger partial charge on any atom is 0.141 e. The van der Waals surface area contributed by atoms with Gasteiger partial charge in [0.25, 0.3) is 0 Å². The van der Waals surface area contributed by atoms with Crippen LogP contribution < -0.4 is 17.0 Å². The van der Waals surface area contributed by atoms with Crippen molar-refractivity contribution in [1.29, 1.82) is 0 Å². The molecular formula is C22H21BrFN. The van der Waals surface area contributed by atoms with Crippen molar-refractivity contribution in [3.05, 3.63) is 95.3 Å². The van der Waals surface area contributed by atoms with Crippen molar-refractivity contribution in [2.45, 2.75) is 12.6 Å². The third-order valence-electron chi connectivity index (χ3n) is 5.00. The van der Waals surface area contributed by atoms with Crippen LogP contribution in [-0.2, 0) is 6.54 Å². The van der Waals surface area contributed by atoms with Crippen LogP contribution >= 0.6 is 0 Å². The molecule has 0 spiro atoms. The molecule has 3 heteroatoms. The molecule has 0 bridgehead atoms. The highest BCUT2D eigenvalue weighted by atomic mass is 79.9. The zero-order valence-corrected chi connectivity index (χ0v) is 16.0. The highest BCUT2D eigenvalue weighted by Gasteiger charge is 2.39. The highest BCUT2D eigenvalue weighted by molar-refractivity contribution is 5.77. The van der Waals surface area contributed by atoms with E-state index < -0.39 is 0 Å². The third-order valence-corrected chi connectivity index (χ3v) is 5.00. The monoisotopic (exact) mass is 397 g/mol. The van der Waals surface area contributed by atoms with E-state index in [0.717, 1.165) is 16.6 Å². The molecule has 0 unspecified atom stereocenters. The van der Waals surface area contributed by atoms with E-state index in [1.165, 1.54) is 22.3 Å². The summed E-state index contributed by atoms with van der Waals surface area (Å²) in [5.41, 5.74) is 6.59. The summed E-state index contributed by atoms with van der Waals surface area (Å²) in [4.78, 5) is 0. The largest absolute Gasteiger partial charge is 1.00 e. The molecule has 3 aromatic rings. The van der Waals surface area contributed by atoms with Gasteiger partial charge in [-0.3, -0.25) is 0 Å². The van der Waals surface area contributed by atoms with Crippen LogP contribution in [-0.4, -0.2) is 18.6 Å². The van der Waals surface area contributed by atoms with E-state index >= 15 is 0 Å². The first-order valence-electron chi connectivity index (χ1n) is 8.31. The Morgan fingerprint density at radius 3 is 1.76 bits per heavy atom. The number of hydrogen-bond donors (Lipinski definition) is 0. The fourth-order valence-corrected chi connectivity index (χ4v) is 4.03. The maximum atomic E-state index is 13.2. The van der Waals surface area contributed by atoms with Crippen LogP contribution in [0.4, 0.5) is 4.39 Å². The van der Waals surface area contributed by atoms with Crippen molar-refractivity contribution in [2.24, 2.45) is 0 Å². The number of nitrogens with zero attached hydrogens (tertiary/aromatic N) is 1. The summed E-state index contributed by atoms with van der Waals surface area (Å²) in [6.45, 7) is 0.855. The van der Waals surface area contributed by atoms with Crippen LogP contribution in [0.3, 0.4) is 0 Å². The van der Waals surface area contributed by atoms with Gasteiger partial charge in [0, 0.05) is 16.7 Å². The molecule has 1 nitrogen and oxygen atoms in total. The molecule has 0 aliphatic heterocycles. The van der Waals surface area contributed by atoms with Crippen LogP contribution in [0.25, 0.3) is 11.1 Å². The van der Waals surface area contributed by atoms with E-state index in [0.29, 0.717) is 6.04 Å². The second-order valence-electron chi connectivity index (χ2n) is 7.14. The highest BCUT2D eigenvalue weighted by Crippen LogP contribution is 2.48. The summed E-state index contributed by atoms with van der Waals surface area (Å²) in [6.07, 6.45) is 0. The Labute approximate surface area is 159 Å². The lowest BCUT2D eigenvalue weighted by Crippen LogP contribution is -3.00. The Morgan fingerprint density at radius 2 is 1.24 bits per heavy atom. The van der Waals surface area contributed by atoms with Crippen LogP contribution in [0, 0.1) is 5.82 Å². The minimum absolute atomic E-state index is 0. The molecule has 0 aromatic heterocycles. The number of rotatable bonds is 3. The van der Waals surface area contributed by atoms with Gasteiger partial charge in [0.15, 0.2) is 0 Å². The zero-order valence-electron chi connectivity index (χ0n) is 14.4. The molecule has 0 atom stereocenters. The summed E-state index contributed by atoms with van der Waals surface area (Å²) in [6, 6.07) is 24.5. The molecule has 0 amide bonds. The molecule has 25 heavy (non-hydrogen) atoms. The number of halogens is 2. The van der Waals surface area contributed by atoms with E-state index in [4.69, 9.17) is 0 Å². The molecule has 0 saturated heterocycles. The van der Waals surface area contributed by atoms with E-state index in [-0.39, 0.29) is 22.8 Å². The number of fused-ring (bicyclic) bond motifs is 3. The number of benzene rings is 3. The molecule has 1 aliphatic rings. The van der Waals surface area contributed by atoms with E-state index in [9.17, 15) is 4.39 Å². The molecule has 3 aromatic carbocycles. The average Bonchev–Trinajstić information content (AvgIpc) is 2.92. The fraction of sp³-hybridized carbons (Fsp3) is 0.182. The molecule has 0 N–H and O–H groups in total. The normalized spacial score (nSPS) is 13.1. The molecule has 0 radical (unpaired) electrons. The lowest BCUT2D eigenvalue weighted by atomic mass is 10.0. The summed E-state index contributed by atoms with van der Waals surface area (Å²) < 4.78 is 14.0. The van der Waals surface area contributed by atoms with Gasteiger partial charge in [-0.1, -0.05) is 60.7 Å². The fourth-order valence-electron chi connectivity index (χ4n) is 4.03. The SMILES string of the molecule is C[N+](C)(Cc1ccc(F)cc1)C1c2ccccc2-c2ccccc21.[Br-]. The van der Waals surface area contributed by atoms with E-state index in [1.54, 1.807) is 12.1 Å². The van der Waals surface area contributed by atoms with Gasteiger partial charge in [0.2, 0.25) is 0 Å². The lowest BCUT2D eigenvalue weighted by molar-refractivity contribution is -0.927. The Morgan fingerprint density at radius 1 is 0.760 bits per heavy atom. The topological polar surface area (TPSA) is 0 Å². The first-order chi connectivity index (χ1) is 11.6. The van der Waals surface area contributed by atoms with Gasteiger partial charge in [-0.05, 0) is 23.3 Å². The van der Waals surface area contributed by atoms with Gasteiger partial charge in [-0.15, -0.1) is 0 Å². The minimum Gasteiger partial charge on any atom is -1.00 e. The molecule has 128 valence electrons. The molecule has 1 aliphatic carbocycles. The molecule has 0 heterocycles. The number of quaternary nitrogens is 1. The Bertz CT molecular complexity index is 841. The van der Waals surface area contributed by atoms with Gasteiger partial charge in [-0.25, -0.2) is 4.39 Å². The summed E-state index contributed by atoms with van der Waals surface area (Å²) in [5.74, 6) is -0.180. The predicted molar refractivity (Wildman–Crippen MR) is 95.9 cm³/mol. The van der Waals surface area contributed by atoms with Crippen molar-refractivity contribution in [2.75, 3.05) is 14.1 Å². The second kappa shape index (κ2) is 6.74. The maximum absolute atomic E-state index is 13.2. The molecule has 0 fully saturated rings. The van der Waals surface area contributed by atoms with Crippen molar-refractivity contribution < 1.29 is 25.9 Å². The lowest BCUT2D eigenvalue weighted by Gasteiger charge is -2.37. The second-order valence-corrected chi connectivity index (χ2v) is 7.14. The third kappa shape index (κ3) is 3.14. The summed E-state index contributed by atoms with van der Waals surface area (Å²) >= 11 is 0. The van der Waals surface area contributed by atoms with Crippen molar-refractivity contribution in [1.82, 2.24) is 0 Å². The summed E-state index contributed by atoms with van der Waals surface area (Å²) in [5, 5.41) is 0. The first kappa shape index (κ1) is 17.8. The van der Waals surface area contributed by atoms with Crippen LogP contribution in [0.1, 0.15) is 22.7 Å². The van der Waals surface area contributed by atoms with Gasteiger partial charge in [0.05, 0.1) is 14.1 Å². The van der Waals surface area contributed by atoms with Gasteiger partial charge in [0.1, 0.15) is 18.4 Å². The van der Waals surface area contributed by atoms with Gasteiger partial charge < -0.3 is 21.5 Å².